The van der Waals surface area contributed by atoms with Crippen molar-refractivity contribution in [1.29, 1.82) is 0 Å². The fraction of sp³-hybridized carbons (Fsp3) is 0.571. The third-order valence-electron chi connectivity index (χ3n) is 2.37. The molecule has 0 amide bonds. The largest absolute Gasteiger partial charge is 0.497 e. The number of hydrogen-bond acceptors (Lipinski definition) is 4. The van der Waals surface area contributed by atoms with E-state index in [-0.39, 0.29) is 6.29 Å². The topological polar surface area (TPSA) is 36.9 Å². The second-order valence-corrected chi connectivity index (χ2v) is 3.66. The van der Waals surface area contributed by atoms with Gasteiger partial charge in [0.2, 0.25) is 0 Å². The maximum Gasteiger partial charge on any atom is 0.160 e. The molecule has 0 heterocycles. The predicted molar refractivity (Wildman–Crippen MR) is 70.1 cm³/mol. The number of rotatable bonds is 9. The molecule has 4 nitrogen and oxygen atoms in total. The highest BCUT2D eigenvalue weighted by molar-refractivity contribution is 5.32. The lowest BCUT2D eigenvalue weighted by molar-refractivity contribution is -0.142. The number of methoxy groups -OCH3 is 1. The molecule has 0 aromatic heterocycles. The van der Waals surface area contributed by atoms with E-state index in [0.717, 1.165) is 11.5 Å². The molecule has 0 aliphatic rings. The van der Waals surface area contributed by atoms with Gasteiger partial charge in [0.05, 0.1) is 13.7 Å². The molecule has 0 saturated carbocycles. The van der Waals surface area contributed by atoms with Crippen molar-refractivity contribution in [2.24, 2.45) is 0 Å². The molecule has 1 rings (SSSR count). The summed E-state index contributed by atoms with van der Waals surface area (Å²) in [4.78, 5) is 0. The molecule has 0 spiro atoms. The molecular formula is C14H22O4. The Morgan fingerprint density at radius 1 is 1.06 bits per heavy atom. The number of benzene rings is 1. The Labute approximate surface area is 109 Å². The third kappa shape index (κ3) is 5.38. The van der Waals surface area contributed by atoms with Gasteiger partial charge < -0.3 is 18.9 Å². The SMILES string of the molecule is CCOC(CCOc1cccc(OC)c1)OCC. The lowest BCUT2D eigenvalue weighted by Crippen LogP contribution is -2.20. The molecule has 1 aromatic rings. The number of ether oxygens (including phenoxy) is 4. The van der Waals surface area contributed by atoms with E-state index in [1.54, 1.807) is 7.11 Å². The second-order valence-electron chi connectivity index (χ2n) is 3.66. The van der Waals surface area contributed by atoms with Gasteiger partial charge in [0.25, 0.3) is 0 Å². The van der Waals surface area contributed by atoms with Crippen LogP contribution in [0.2, 0.25) is 0 Å². The third-order valence-corrected chi connectivity index (χ3v) is 2.37. The molecule has 0 aliphatic heterocycles. The van der Waals surface area contributed by atoms with Crippen molar-refractivity contribution >= 4 is 0 Å². The van der Waals surface area contributed by atoms with E-state index >= 15 is 0 Å². The minimum Gasteiger partial charge on any atom is -0.497 e. The van der Waals surface area contributed by atoms with Crippen LogP contribution in [0, 0.1) is 0 Å². The highest BCUT2D eigenvalue weighted by Gasteiger charge is 2.08. The van der Waals surface area contributed by atoms with Gasteiger partial charge in [-0.2, -0.15) is 0 Å². The van der Waals surface area contributed by atoms with Crippen molar-refractivity contribution in [2.75, 3.05) is 26.9 Å². The molecule has 0 unspecified atom stereocenters. The molecule has 18 heavy (non-hydrogen) atoms. The maximum atomic E-state index is 5.63. The first kappa shape index (κ1) is 14.8. The molecule has 0 atom stereocenters. The van der Waals surface area contributed by atoms with Crippen LogP contribution >= 0.6 is 0 Å². The molecule has 102 valence electrons. The van der Waals surface area contributed by atoms with Crippen molar-refractivity contribution in [3.8, 4) is 11.5 Å². The van der Waals surface area contributed by atoms with Crippen LogP contribution in [0.15, 0.2) is 24.3 Å². The summed E-state index contributed by atoms with van der Waals surface area (Å²) >= 11 is 0. The average Bonchev–Trinajstić information content (AvgIpc) is 2.39. The molecule has 0 bridgehead atoms. The van der Waals surface area contributed by atoms with Crippen molar-refractivity contribution in [1.82, 2.24) is 0 Å². The van der Waals surface area contributed by atoms with Crippen LogP contribution in [0.3, 0.4) is 0 Å². The van der Waals surface area contributed by atoms with E-state index in [1.165, 1.54) is 0 Å². The van der Waals surface area contributed by atoms with Crippen LogP contribution in [-0.2, 0) is 9.47 Å². The first-order valence-electron chi connectivity index (χ1n) is 6.30. The summed E-state index contributed by atoms with van der Waals surface area (Å²) in [5.41, 5.74) is 0. The highest BCUT2D eigenvalue weighted by Crippen LogP contribution is 2.19. The standard InChI is InChI=1S/C14H22O4/c1-4-16-14(17-5-2)9-10-18-13-8-6-7-12(11-13)15-3/h6-8,11,14H,4-5,9-10H2,1-3H3. The van der Waals surface area contributed by atoms with Gasteiger partial charge in [-0.3, -0.25) is 0 Å². The van der Waals surface area contributed by atoms with Gasteiger partial charge >= 0.3 is 0 Å². The fourth-order valence-corrected chi connectivity index (χ4v) is 1.55. The fourth-order valence-electron chi connectivity index (χ4n) is 1.55. The van der Waals surface area contributed by atoms with Crippen LogP contribution in [0.4, 0.5) is 0 Å². The smallest absolute Gasteiger partial charge is 0.160 e. The van der Waals surface area contributed by atoms with Crippen molar-refractivity contribution in [2.45, 2.75) is 26.6 Å². The summed E-state index contributed by atoms with van der Waals surface area (Å²) in [5.74, 6) is 1.58. The first-order chi connectivity index (χ1) is 8.80. The minimum absolute atomic E-state index is 0.189. The van der Waals surface area contributed by atoms with Crippen LogP contribution < -0.4 is 9.47 Å². The Bertz CT molecular complexity index is 321. The Morgan fingerprint density at radius 2 is 1.72 bits per heavy atom. The molecule has 4 heteroatoms. The van der Waals surface area contributed by atoms with Gasteiger partial charge in [-0.05, 0) is 26.0 Å². The van der Waals surface area contributed by atoms with Gasteiger partial charge in [0.15, 0.2) is 6.29 Å². The van der Waals surface area contributed by atoms with Gasteiger partial charge in [-0.15, -0.1) is 0 Å². The lowest BCUT2D eigenvalue weighted by atomic mass is 10.3. The zero-order valence-electron chi connectivity index (χ0n) is 11.3. The Hall–Kier alpha value is -1.26. The molecular weight excluding hydrogens is 232 g/mol. The van der Waals surface area contributed by atoms with E-state index < -0.39 is 0 Å². The summed E-state index contributed by atoms with van der Waals surface area (Å²) in [6.45, 7) is 5.75. The van der Waals surface area contributed by atoms with Crippen molar-refractivity contribution < 1.29 is 18.9 Å². The quantitative estimate of drug-likeness (QED) is 0.635. The Morgan fingerprint density at radius 3 is 2.33 bits per heavy atom. The zero-order valence-corrected chi connectivity index (χ0v) is 11.3. The average molecular weight is 254 g/mol. The molecule has 0 N–H and O–H groups in total. The first-order valence-corrected chi connectivity index (χ1v) is 6.30. The van der Waals surface area contributed by atoms with Gasteiger partial charge in [0.1, 0.15) is 11.5 Å². The zero-order chi connectivity index (χ0) is 13.2. The highest BCUT2D eigenvalue weighted by atomic mass is 16.7. The van der Waals surface area contributed by atoms with E-state index in [4.69, 9.17) is 18.9 Å². The summed E-state index contributed by atoms with van der Waals surface area (Å²) < 4.78 is 21.6. The molecule has 0 aliphatic carbocycles. The van der Waals surface area contributed by atoms with E-state index in [1.807, 2.05) is 38.1 Å². The van der Waals surface area contributed by atoms with Gasteiger partial charge in [-0.25, -0.2) is 0 Å². The van der Waals surface area contributed by atoms with Gasteiger partial charge in [0, 0.05) is 25.7 Å². The van der Waals surface area contributed by atoms with E-state index in [2.05, 4.69) is 0 Å². The maximum absolute atomic E-state index is 5.63. The normalized spacial score (nSPS) is 10.7. The van der Waals surface area contributed by atoms with Gasteiger partial charge in [-0.1, -0.05) is 6.07 Å². The summed E-state index contributed by atoms with van der Waals surface area (Å²) in [6, 6.07) is 7.54. The van der Waals surface area contributed by atoms with Crippen LogP contribution in [0.25, 0.3) is 0 Å². The van der Waals surface area contributed by atoms with Crippen LogP contribution in [-0.4, -0.2) is 33.2 Å². The summed E-state index contributed by atoms with van der Waals surface area (Å²) in [6.07, 6.45) is 0.518. The Kier molecular flexibility index (Phi) is 7.22. The predicted octanol–water partition coefficient (Wildman–Crippen LogP) is 2.86. The van der Waals surface area contributed by atoms with Crippen molar-refractivity contribution in [3.05, 3.63) is 24.3 Å². The molecule has 0 fully saturated rings. The monoisotopic (exact) mass is 254 g/mol. The van der Waals surface area contributed by atoms with Crippen LogP contribution in [0.5, 0.6) is 11.5 Å². The molecule has 1 aromatic carbocycles. The molecule has 0 radical (unpaired) electrons. The second kappa shape index (κ2) is 8.78. The van der Waals surface area contributed by atoms with E-state index in [0.29, 0.717) is 26.2 Å². The Balaban J connectivity index is 2.34. The minimum atomic E-state index is -0.189. The number of hydrogen-bond donors (Lipinski definition) is 0. The summed E-state index contributed by atoms with van der Waals surface area (Å²) in [7, 11) is 1.64. The lowest BCUT2D eigenvalue weighted by Gasteiger charge is -2.17. The van der Waals surface area contributed by atoms with E-state index in [9.17, 15) is 0 Å². The van der Waals surface area contributed by atoms with Crippen molar-refractivity contribution in [3.63, 3.8) is 0 Å². The van der Waals surface area contributed by atoms with Crippen LogP contribution in [0.1, 0.15) is 20.3 Å². The molecule has 0 saturated heterocycles. The summed E-state index contributed by atoms with van der Waals surface area (Å²) in [5, 5.41) is 0.